The molecule has 2 unspecified atom stereocenters. The maximum Gasteiger partial charge on any atom is 0.490 e. The SMILES string of the molecule is C#C[C@]1(COP(=O)(O)OP(=O)(O)OP(=O)(O)O)C[C@@H](n2ccc3c(Cl)nc(Cl)nc32)C[C@@H]1O. The minimum atomic E-state index is -5.69. The first-order valence-corrected chi connectivity index (χ1v) is 14.0. The van der Waals surface area contributed by atoms with Crippen molar-refractivity contribution in [3.05, 3.63) is 22.7 Å². The molecule has 0 aliphatic heterocycles. The minimum Gasteiger partial charge on any atom is -0.391 e. The Kier molecular flexibility index (Phi) is 7.53. The number of hydrogen-bond donors (Lipinski definition) is 5. The molecule has 1 aliphatic carbocycles. The highest BCUT2D eigenvalue weighted by Crippen LogP contribution is 2.66. The van der Waals surface area contributed by atoms with Gasteiger partial charge in [-0.05, 0) is 30.5 Å². The molecule has 19 heteroatoms. The molecule has 2 aromatic heterocycles. The van der Waals surface area contributed by atoms with E-state index in [1.165, 1.54) is 0 Å². The van der Waals surface area contributed by atoms with Crippen LogP contribution >= 0.6 is 46.7 Å². The van der Waals surface area contributed by atoms with Gasteiger partial charge in [0.15, 0.2) is 0 Å². The Balaban J connectivity index is 1.78. The third-order valence-electron chi connectivity index (χ3n) is 4.81. The van der Waals surface area contributed by atoms with Gasteiger partial charge in [0, 0.05) is 12.2 Å². The number of phosphoric ester groups is 1. The maximum atomic E-state index is 12.0. The first kappa shape index (κ1) is 26.7. The third-order valence-corrected chi connectivity index (χ3v) is 9.05. The van der Waals surface area contributed by atoms with Crippen LogP contribution in [0.2, 0.25) is 10.4 Å². The van der Waals surface area contributed by atoms with Crippen LogP contribution in [0.15, 0.2) is 12.3 Å². The van der Waals surface area contributed by atoms with Gasteiger partial charge in [0.25, 0.3) is 0 Å². The van der Waals surface area contributed by atoms with Crippen molar-refractivity contribution in [2.75, 3.05) is 6.61 Å². The number of halogens is 2. The van der Waals surface area contributed by atoms with Crippen LogP contribution in [-0.4, -0.2) is 51.9 Å². The summed E-state index contributed by atoms with van der Waals surface area (Å²) in [6, 6.07) is 1.14. The predicted octanol–water partition coefficient (Wildman–Crippen LogP) is 2.40. The summed E-state index contributed by atoms with van der Waals surface area (Å²) in [5, 5.41) is 11.1. The molecule has 1 aliphatic rings. The highest BCUT2D eigenvalue weighted by Gasteiger charge is 2.49. The van der Waals surface area contributed by atoms with Crippen LogP contribution in [0.3, 0.4) is 0 Å². The lowest BCUT2D eigenvalue weighted by Crippen LogP contribution is -2.33. The van der Waals surface area contributed by atoms with E-state index in [2.05, 4.69) is 29.0 Å². The Morgan fingerprint density at radius 1 is 1.18 bits per heavy atom. The predicted molar refractivity (Wildman–Crippen MR) is 113 cm³/mol. The zero-order chi connectivity index (χ0) is 24.8. The number of phosphoric acid groups is 3. The molecule has 0 radical (unpaired) electrons. The fourth-order valence-corrected chi connectivity index (χ4v) is 6.98. The average Bonchev–Trinajstić information content (AvgIpc) is 3.18. The van der Waals surface area contributed by atoms with Crippen LogP contribution in [0.5, 0.6) is 0 Å². The molecule has 0 spiro atoms. The van der Waals surface area contributed by atoms with Gasteiger partial charge in [0.2, 0.25) is 5.28 Å². The Morgan fingerprint density at radius 3 is 2.45 bits per heavy atom. The van der Waals surface area contributed by atoms with Crippen molar-refractivity contribution >= 4 is 57.7 Å². The Labute approximate surface area is 195 Å². The second kappa shape index (κ2) is 9.30. The van der Waals surface area contributed by atoms with Gasteiger partial charge in [-0.1, -0.05) is 17.5 Å². The molecule has 0 amide bonds. The Morgan fingerprint density at radius 2 is 1.85 bits per heavy atom. The largest absolute Gasteiger partial charge is 0.490 e. The van der Waals surface area contributed by atoms with E-state index < -0.39 is 47.6 Å². The van der Waals surface area contributed by atoms with Gasteiger partial charge in [0.05, 0.1) is 23.5 Å². The zero-order valence-corrected chi connectivity index (χ0v) is 20.3. The number of aromatic nitrogens is 3. The minimum absolute atomic E-state index is 0.00343. The van der Waals surface area contributed by atoms with Gasteiger partial charge in [-0.2, -0.15) is 13.6 Å². The number of fused-ring (bicyclic) bond motifs is 1. The van der Waals surface area contributed by atoms with Crippen LogP contribution in [0, 0.1) is 17.8 Å². The van der Waals surface area contributed by atoms with Crippen molar-refractivity contribution in [1.82, 2.24) is 14.5 Å². The summed E-state index contributed by atoms with van der Waals surface area (Å²) < 4.78 is 47.9. The van der Waals surface area contributed by atoms with Gasteiger partial charge < -0.3 is 29.2 Å². The standard InChI is InChI=1S/C14H16Cl2N3O11P3/c1-2-14(7-28-32(24,25)30-33(26,27)29-31(21,22)23)6-8(5-10(14)20)19-4-3-9-11(15)17-13(16)18-12(9)19/h1,3-4,8,10,20H,5-7H2,(H,24,25)(H,26,27)(H2,21,22,23)/t8-,10-,14+/m0/s1. The molecule has 33 heavy (non-hydrogen) atoms. The van der Waals surface area contributed by atoms with E-state index in [0.29, 0.717) is 11.0 Å². The summed E-state index contributed by atoms with van der Waals surface area (Å²) in [7, 11) is -16.6. The van der Waals surface area contributed by atoms with Crippen molar-refractivity contribution in [3.63, 3.8) is 0 Å². The zero-order valence-electron chi connectivity index (χ0n) is 16.1. The van der Waals surface area contributed by atoms with Crippen LogP contribution in [0.4, 0.5) is 0 Å². The molecule has 1 saturated carbocycles. The van der Waals surface area contributed by atoms with Crippen LogP contribution in [0.1, 0.15) is 18.9 Å². The van der Waals surface area contributed by atoms with Gasteiger partial charge in [-0.25, -0.2) is 18.7 Å². The van der Waals surface area contributed by atoms with Crippen LogP contribution in [0.25, 0.3) is 11.0 Å². The summed E-state index contributed by atoms with van der Waals surface area (Å²) in [6.07, 6.45) is 5.99. The van der Waals surface area contributed by atoms with Crippen molar-refractivity contribution in [2.45, 2.75) is 25.0 Å². The van der Waals surface area contributed by atoms with Gasteiger partial charge in [-0.15, -0.1) is 6.42 Å². The van der Waals surface area contributed by atoms with E-state index in [-0.39, 0.29) is 23.3 Å². The summed E-state index contributed by atoms with van der Waals surface area (Å²) in [5.41, 5.74) is -1.19. The number of hydrogen-bond acceptors (Lipinski definition) is 9. The van der Waals surface area contributed by atoms with Crippen LogP contribution < -0.4 is 0 Å². The second-order valence-corrected chi connectivity index (χ2v) is 12.1. The van der Waals surface area contributed by atoms with Crippen molar-refractivity contribution in [2.24, 2.45) is 5.41 Å². The normalized spacial score (nSPS) is 27.2. The quantitative estimate of drug-likeness (QED) is 0.135. The average molecular weight is 566 g/mol. The summed E-state index contributed by atoms with van der Waals surface area (Å²) >= 11 is 11.9. The van der Waals surface area contributed by atoms with E-state index in [1.54, 1.807) is 16.8 Å². The maximum absolute atomic E-state index is 12.0. The molecule has 3 rings (SSSR count). The fraction of sp³-hybridized carbons (Fsp3) is 0.429. The second-order valence-electron chi connectivity index (χ2n) is 7.02. The number of rotatable bonds is 8. The van der Waals surface area contributed by atoms with E-state index in [0.717, 1.165) is 0 Å². The lowest BCUT2D eigenvalue weighted by atomic mass is 9.86. The molecular formula is C14H16Cl2N3O11P3. The number of terminal acetylenes is 1. The molecule has 14 nitrogen and oxygen atoms in total. The monoisotopic (exact) mass is 565 g/mol. The number of aliphatic hydroxyl groups excluding tert-OH is 1. The van der Waals surface area contributed by atoms with E-state index in [1.807, 2.05) is 0 Å². The van der Waals surface area contributed by atoms with Crippen molar-refractivity contribution in [1.29, 1.82) is 0 Å². The lowest BCUT2D eigenvalue weighted by molar-refractivity contribution is 0.0443. The first-order chi connectivity index (χ1) is 15.1. The van der Waals surface area contributed by atoms with Gasteiger partial charge in [0.1, 0.15) is 10.8 Å². The van der Waals surface area contributed by atoms with Crippen molar-refractivity contribution < 1.29 is 51.5 Å². The van der Waals surface area contributed by atoms with Crippen LogP contribution in [-0.2, 0) is 26.8 Å². The van der Waals surface area contributed by atoms with E-state index in [9.17, 15) is 28.6 Å². The molecule has 0 saturated heterocycles. The van der Waals surface area contributed by atoms with E-state index in [4.69, 9.17) is 39.4 Å². The molecule has 5 N–H and O–H groups in total. The Hall–Kier alpha value is -0.870. The highest BCUT2D eigenvalue weighted by molar-refractivity contribution is 7.66. The van der Waals surface area contributed by atoms with E-state index >= 15 is 0 Å². The number of aliphatic hydroxyl groups is 1. The molecular weight excluding hydrogens is 550 g/mol. The van der Waals surface area contributed by atoms with Crippen molar-refractivity contribution in [3.8, 4) is 12.3 Å². The molecule has 0 aromatic carbocycles. The molecule has 0 bridgehead atoms. The summed E-state index contributed by atoms with van der Waals surface area (Å²) in [6.45, 7) is -0.819. The third kappa shape index (κ3) is 6.23. The molecule has 2 aromatic rings. The molecule has 182 valence electrons. The van der Waals surface area contributed by atoms with Gasteiger partial charge in [-0.3, -0.25) is 4.52 Å². The fourth-order valence-electron chi connectivity index (χ4n) is 3.45. The number of nitrogens with zero attached hydrogens (tertiary/aromatic N) is 3. The summed E-state index contributed by atoms with van der Waals surface area (Å²) in [4.78, 5) is 44.0. The topological polar surface area (TPSA) is 211 Å². The van der Waals surface area contributed by atoms with Gasteiger partial charge >= 0.3 is 23.5 Å². The molecule has 2 heterocycles. The smallest absolute Gasteiger partial charge is 0.391 e. The highest BCUT2D eigenvalue weighted by atomic mass is 35.5. The molecule has 5 atom stereocenters. The lowest BCUT2D eigenvalue weighted by Gasteiger charge is -2.27. The first-order valence-electron chi connectivity index (χ1n) is 8.70. The molecule has 1 fully saturated rings. The Bertz CT molecular complexity index is 1260. The summed E-state index contributed by atoms with van der Waals surface area (Å²) in [5.74, 6) is 2.32.